The molecule has 296 valence electrons. The van der Waals surface area contributed by atoms with Gasteiger partial charge in [-0.15, -0.1) is 0 Å². The Balaban J connectivity index is 0.942. The van der Waals surface area contributed by atoms with Crippen molar-refractivity contribution in [2.24, 2.45) is 0 Å². The maximum atomic E-state index is 5.51. The molecular formula is C58H44N4. The van der Waals surface area contributed by atoms with Gasteiger partial charge in [0.2, 0.25) is 5.95 Å². The second kappa shape index (κ2) is 14.1. The summed E-state index contributed by atoms with van der Waals surface area (Å²) in [5.41, 5.74) is 20.8. The minimum Gasteiger partial charge on any atom is -0.313 e. The van der Waals surface area contributed by atoms with E-state index < -0.39 is 0 Å². The molecule has 0 atom stereocenters. The van der Waals surface area contributed by atoms with Gasteiger partial charge in [-0.1, -0.05) is 127 Å². The molecule has 4 aliphatic carbocycles. The SMILES string of the molecule is C1=C(C2=Cc3ccccc3CC2)CCC(c2nc(-n3c4ccccc4c4cc(-c5ccc6c(c5)c5c(n6-c6ccccc6)CCc6ccccc6-5)ccc43)nc3c2=CCCC=3)=C1. The minimum atomic E-state index is 0.737. The molecule has 3 aromatic heterocycles. The quantitative estimate of drug-likeness (QED) is 0.174. The zero-order valence-corrected chi connectivity index (χ0v) is 34.6. The highest BCUT2D eigenvalue weighted by Crippen LogP contribution is 2.44. The molecule has 0 radical (unpaired) electrons. The average Bonchev–Trinajstić information content (AvgIpc) is 3.86. The molecule has 9 aromatic rings. The molecule has 0 unspecified atom stereocenters. The molecule has 4 aliphatic rings. The average molecular weight is 797 g/mol. The molecule has 0 spiro atoms. The second-order valence-corrected chi connectivity index (χ2v) is 17.4. The van der Waals surface area contributed by atoms with E-state index in [2.05, 4.69) is 179 Å². The highest BCUT2D eigenvalue weighted by Gasteiger charge is 2.26. The van der Waals surface area contributed by atoms with Crippen molar-refractivity contribution in [2.75, 3.05) is 0 Å². The Morgan fingerprint density at radius 3 is 2.02 bits per heavy atom. The van der Waals surface area contributed by atoms with Crippen molar-refractivity contribution < 1.29 is 0 Å². The molecule has 6 aromatic carbocycles. The van der Waals surface area contributed by atoms with Crippen LogP contribution in [0.4, 0.5) is 0 Å². The topological polar surface area (TPSA) is 35.6 Å². The summed E-state index contributed by atoms with van der Waals surface area (Å²) in [4.78, 5) is 10.8. The molecule has 62 heavy (non-hydrogen) atoms. The van der Waals surface area contributed by atoms with Gasteiger partial charge in [0, 0.05) is 38.3 Å². The van der Waals surface area contributed by atoms with Gasteiger partial charge >= 0.3 is 0 Å². The Kier molecular flexibility index (Phi) is 8.09. The van der Waals surface area contributed by atoms with Gasteiger partial charge in [0.25, 0.3) is 0 Å². The molecule has 4 nitrogen and oxygen atoms in total. The first-order valence-corrected chi connectivity index (χ1v) is 22.4. The smallest absolute Gasteiger partial charge is 0.235 e. The first-order chi connectivity index (χ1) is 30.7. The Morgan fingerprint density at radius 1 is 0.468 bits per heavy atom. The van der Waals surface area contributed by atoms with Crippen molar-refractivity contribution in [3.63, 3.8) is 0 Å². The highest BCUT2D eigenvalue weighted by atomic mass is 15.2. The lowest BCUT2D eigenvalue weighted by molar-refractivity contribution is 0.865. The number of aromatic nitrogens is 4. The van der Waals surface area contributed by atoms with Crippen LogP contribution < -0.4 is 10.6 Å². The summed E-state index contributed by atoms with van der Waals surface area (Å²) in [6.07, 6.45) is 20.1. The lowest BCUT2D eigenvalue weighted by Gasteiger charge is -2.22. The van der Waals surface area contributed by atoms with Crippen molar-refractivity contribution in [1.29, 1.82) is 0 Å². The maximum absolute atomic E-state index is 5.51. The summed E-state index contributed by atoms with van der Waals surface area (Å²) in [6.45, 7) is 0. The van der Waals surface area contributed by atoms with Crippen molar-refractivity contribution >= 4 is 56.5 Å². The van der Waals surface area contributed by atoms with Crippen LogP contribution in [0.2, 0.25) is 0 Å². The monoisotopic (exact) mass is 796 g/mol. The lowest BCUT2D eigenvalue weighted by atomic mass is 9.84. The van der Waals surface area contributed by atoms with Crippen LogP contribution in [0.5, 0.6) is 0 Å². The van der Waals surface area contributed by atoms with E-state index in [-0.39, 0.29) is 0 Å². The molecule has 4 heteroatoms. The van der Waals surface area contributed by atoms with Crippen molar-refractivity contribution in [3.8, 4) is 33.9 Å². The van der Waals surface area contributed by atoms with Gasteiger partial charge in [-0.25, -0.2) is 9.97 Å². The zero-order chi connectivity index (χ0) is 40.7. The molecule has 0 amide bonds. The molecule has 0 saturated carbocycles. The molecule has 13 rings (SSSR count). The van der Waals surface area contributed by atoms with E-state index in [1.165, 1.54) is 93.9 Å². The zero-order valence-electron chi connectivity index (χ0n) is 34.6. The highest BCUT2D eigenvalue weighted by molar-refractivity contribution is 6.11. The van der Waals surface area contributed by atoms with Crippen molar-refractivity contribution in [2.45, 2.75) is 51.4 Å². The number of allylic oxidation sites excluding steroid dienone is 5. The van der Waals surface area contributed by atoms with Crippen LogP contribution in [-0.4, -0.2) is 19.1 Å². The van der Waals surface area contributed by atoms with Crippen LogP contribution in [0.1, 0.15) is 60.2 Å². The Bertz CT molecular complexity index is 3570. The number of rotatable bonds is 5. The van der Waals surface area contributed by atoms with Gasteiger partial charge in [-0.2, -0.15) is 0 Å². The molecule has 0 aliphatic heterocycles. The van der Waals surface area contributed by atoms with Gasteiger partial charge in [0.05, 0.1) is 27.6 Å². The molecular weight excluding hydrogens is 753 g/mol. The van der Waals surface area contributed by atoms with Gasteiger partial charge in [-0.3, -0.25) is 4.57 Å². The van der Waals surface area contributed by atoms with Gasteiger partial charge < -0.3 is 4.57 Å². The third-order valence-electron chi connectivity index (χ3n) is 13.9. The fourth-order valence-corrected chi connectivity index (χ4v) is 10.9. The number of para-hydroxylation sites is 2. The van der Waals surface area contributed by atoms with E-state index in [1.54, 1.807) is 0 Å². The first-order valence-electron chi connectivity index (χ1n) is 22.4. The number of nitrogens with zero attached hydrogens (tertiary/aromatic N) is 4. The van der Waals surface area contributed by atoms with Crippen molar-refractivity contribution in [1.82, 2.24) is 19.1 Å². The standard InChI is InChI=1S/C58H44N4/c1-2-15-45(16-3-1)61-54-32-30-44(36-50(54)56-46-17-7-6-13-39(46)28-33-55(56)61)43-29-31-53-49(35-43)47-18-9-11-21-52(47)62(53)58-59-51-20-10-8-19-48(51)57(60-58)40-25-22-38(23-26-40)42-27-24-37-12-4-5-14-41(37)34-42/h1-7,9,11-22,25,29-32,34-36H,8,10,23-24,26-28,33H2. The molecule has 0 N–H and O–H groups in total. The Hall–Kier alpha value is -7.30. The Morgan fingerprint density at radius 2 is 1.15 bits per heavy atom. The third kappa shape index (κ3) is 5.59. The molecule has 3 heterocycles. The molecule has 0 fully saturated rings. The number of hydrogen-bond acceptors (Lipinski definition) is 2. The Labute approximate surface area is 360 Å². The van der Waals surface area contributed by atoms with Crippen LogP contribution >= 0.6 is 0 Å². The lowest BCUT2D eigenvalue weighted by Crippen LogP contribution is -2.36. The van der Waals surface area contributed by atoms with Crippen LogP contribution in [0, 0.1) is 0 Å². The predicted molar refractivity (Wildman–Crippen MR) is 257 cm³/mol. The summed E-state index contributed by atoms with van der Waals surface area (Å²) in [7, 11) is 0. The van der Waals surface area contributed by atoms with Crippen LogP contribution in [0.25, 0.3) is 90.4 Å². The maximum Gasteiger partial charge on any atom is 0.235 e. The summed E-state index contributed by atoms with van der Waals surface area (Å²) in [5.74, 6) is 0.737. The van der Waals surface area contributed by atoms with E-state index in [1.807, 2.05) is 0 Å². The third-order valence-corrected chi connectivity index (χ3v) is 13.9. The van der Waals surface area contributed by atoms with E-state index in [0.717, 1.165) is 79.4 Å². The molecule has 0 saturated heterocycles. The summed E-state index contributed by atoms with van der Waals surface area (Å²) >= 11 is 0. The number of hydrogen-bond donors (Lipinski definition) is 0. The van der Waals surface area contributed by atoms with E-state index in [0.29, 0.717) is 0 Å². The van der Waals surface area contributed by atoms with Gasteiger partial charge in [0.15, 0.2) is 0 Å². The van der Waals surface area contributed by atoms with Crippen molar-refractivity contribution in [3.05, 3.63) is 201 Å². The van der Waals surface area contributed by atoms with E-state index >= 15 is 0 Å². The fraction of sp³-hybridized carbons (Fsp3) is 0.138. The summed E-state index contributed by atoms with van der Waals surface area (Å²) in [6, 6.07) is 51.5. The van der Waals surface area contributed by atoms with Crippen LogP contribution in [-0.2, 0) is 19.3 Å². The van der Waals surface area contributed by atoms with E-state index in [9.17, 15) is 0 Å². The number of benzene rings is 6. The van der Waals surface area contributed by atoms with Gasteiger partial charge in [-0.05, 0) is 144 Å². The fourth-order valence-electron chi connectivity index (χ4n) is 10.9. The predicted octanol–water partition coefficient (Wildman–Crippen LogP) is 12.4. The van der Waals surface area contributed by atoms with Crippen LogP contribution in [0.15, 0.2) is 163 Å². The summed E-state index contributed by atoms with van der Waals surface area (Å²) < 4.78 is 4.79. The second-order valence-electron chi connectivity index (χ2n) is 17.4. The molecule has 0 bridgehead atoms. The summed E-state index contributed by atoms with van der Waals surface area (Å²) in [5, 5.41) is 5.94. The number of fused-ring (bicyclic) bond motifs is 10. The van der Waals surface area contributed by atoms with Gasteiger partial charge in [0.1, 0.15) is 0 Å². The first kappa shape index (κ1) is 35.5. The normalized spacial score (nSPS) is 15.5. The minimum absolute atomic E-state index is 0.737. The largest absolute Gasteiger partial charge is 0.313 e. The van der Waals surface area contributed by atoms with E-state index in [4.69, 9.17) is 9.97 Å². The van der Waals surface area contributed by atoms with Crippen LogP contribution in [0.3, 0.4) is 0 Å². The number of aryl methyl sites for hydroxylation is 2.